The fraction of sp³-hybridized carbons (Fsp3) is 0.279. The van der Waals surface area contributed by atoms with Gasteiger partial charge in [0.25, 0.3) is 0 Å². The average molecular weight is 779 g/mol. The summed E-state index contributed by atoms with van der Waals surface area (Å²) in [5.41, 5.74) is 7.18. The molecule has 15 heteroatoms. The summed E-state index contributed by atoms with van der Waals surface area (Å²) in [6, 6.07) is 29.3. The van der Waals surface area contributed by atoms with Gasteiger partial charge in [0.15, 0.2) is 0 Å². The van der Waals surface area contributed by atoms with Crippen molar-refractivity contribution in [2.45, 2.75) is 38.5 Å². The van der Waals surface area contributed by atoms with Crippen LogP contribution in [0.5, 0.6) is 0 Å². The van der Waals surface area contributed by atoms with E-state index in [1.54, 1.807) is 33.6 Å². The van der Waals surface area contributed by atoms with Crippen LogP contribution in [0.1, 0.15) is 38.5 Å². The number of amides is 4. The van der Waals surface area contributed by atoms with Crippen LogP contribution in [0, 0.1) is 0 Å². The number of hydrogen-bond donors (Lipinski definition) is 4. The van der Waals surface area contributed by atoms with E-state index < -0.39 is 0 Å². The Balaban J connectivity index is 0.811. The van der Waals surface area contributed by atoms with Gasteiger partial charge in [0.2, 0.25) is 11.8 Å². The molecule has 6 aromatic rings. The van der Waals surface area contributed by atoms with Gasteiger partial charge in [-0.3, -0.25) is 9.59 Å². The van der Waals surface area contributed by atoms with Crippen LogP contribution in [-0.2, 0) is 9.59 Å². The number of rotatable bonds is 14. The molecule has 0 bridgehead atoms. The molecule has 0 spiro atoms. The van der Waals surface area contributed by atoms with E-state index in [9.17, 15) is 14.4 Å². The van der Waals surface area contributed by atoms with Crippen LogP contribution in [0.2, 0.25) is 0 Å². The Bertz CT molecular complexity index is 2180. The number of aromatic nitrogens is 6. The zero-order valence-corrected chi connectivity index (χ0v) is 32.2. The molecule has 4 amide bonds. The van der Waals surface area contributed by atoms with Crippen molar-refractivity contribution in [2.75, 3.05) is 60.5 Å². The van der Waals surface area contributed by atoms with Crippen LogP contribution in [0.4, 0.5) is 27.5 Å². The average Bonchev–Trinajstić information content (AvgIpc) is 4.09. The number of hydrogen-bond acceptors (Lipinski definition) is 9. The Labute approximate surface area is 336 Å². The highest BCUT2D eigenvalue weighted by molar-refractivity contribution is 6.00. The summed E-state index contributed by atoms with van der Waals surface area (Å²) in [4.78, 5) is 42.6. The van der Waals surface area contributed by atoms with Crippen molar-refractivity contribution in [3.63, 3.8) is 0 Å². The van der Waals surface area contributed by atoms with Crippen LogP contribution in [0.15, 0.2) is 109 Å². The second-order valence-corrected chi connectivity index (χ2v) is 14.6. The monoisotopic (exact) mass is 778 g/mol. The van der Waals surface area contributed by atoms with Gasteiger partial charge in [-0.2, -0.15) is 0 Å². The lowest BCUT2D eigenvalue weighted by Gasteiger charge is -2.14. The zero-order valence-electron chi connectivity index (χ0n) is 32.2. The fourth-order valence-electron chi connectivity index (χ4n) is 7.22. The maximum atomic E-state index is 12.9. The van der Waals surface area contributed by atoms with E-state index >= 15 is 0 Å². The number of anilines is 4. The lowest BCUT2D eigenvalue weighted by molar-refractivity contribution is -0.117. The molecule has 2 aromatic heterocycles. The molecular weight excluding hydrogens is 733 g/mol. The highest BCUT2D eigenvalue weighted by Crippen LogP contribution is 2.24. The summed E-state index contributed by atoms with van der Waals surface area (Å²) in [5, 5.41) is 29.0. The topological polar surface area (TPSA) is 167 Å². The summed E-state index contributed by atoms with van der Waals surface area (Å²) in [6.07, 6.45) is 9.39. The van der Waals surface area contributed by atoms with Gasteiger partial charge in [0, 0.05) is 59.8 Å². The minimum absolute atomic E-state index is 0.00703. The van der Waals surface area contributed by atoms with Gasteiger partial charge >= 0.3 is 6.03 Å². The van der Waals surface area contributed by atoms with Crippen LogP contribution < -0.4 is 21.3 Å². The van der Waals surface area contributed by atoms with Gasteiger partial charge in [0.1, 0.15) is 11.4 Å². The standard InChI is InChI=1S/C43H46N12O3/c56-41(19-25-52-21-1-2-22-52)44-35-7-5-9-37(27-35)54-29-39(48-50-54)31-11-15-33(16-12-31)46-43(58)47-34-17-13-32(14-18-34)40-30-55(51-49-40)38-10-6-8-36(28-38)45-42(57)20-26-53-23-3-4-24-53/h5-18,27-30H,1-4,19-26H2,(H,44,56)(H,45,57)(H2,46,47,58). The molecule has 8 rings (SSSR count). The van der Waals surface area contributed by atoms with Crippen molar-refractivity contribution in [2.24, 2.45) is 0 Å². The van der Waals surface area contributed by atoms with Crippen molar-refractivity contribution in [3.8, 4) is 33.9 Å². The molecule has 2 aliphatic rings. The molecule has 0 aliphatic carbocycles. The highest BCUT2D eigenvalue weighted by Gasteiger charge is 2.15. The third-order valence-electron chi connectivity index (χ3n) is 10.4. The molecule has 15 nitrogen and oxygen atoms in total. The number of nitrogens with one attached hydrogen (secondary N) is 4. The lowest BCUT2D eigenvalue weighted by Crippen LogP contribution is -2.25. The van der Waals surface area contributed by atoms with Crippen molar-refractivity contribution >= 4 is 40.6 Å². The van der Waals surface area contributed by atoms with Crippen LogP contribution >= 0.6 is 0 Å². The normalized spacial score (nSPS) is 14.3. The number of benzene rings is 4. The maximum absolute atomic E-state index is 12.9. The minimum Gasteiger partial charge on any atom is -0.326 e. The molecule has 2 aliphatic heterocycles. The van der Waals surface area contributed by atoms with Gasteiger partial charge in [-0.05, 0) is 113 Å². The van der Waals surface area contributed by atoms with Crippen molar-refractivity contribution in [1.82, 2.24) is 39.8 Å². The first-order valence-corrected chi connectivity index (χ1v) is 19.8. The van der Waals surface area contributed by atoms with Gasteiger partial charge in [0.05, 0.1) is 23.8 Å². The van der Waals surface area contributed by atoms with Crippen LogP contribution in [0.3, 0.4) is 0 Å². The number of likely N-dealkylation sites (tertiary alicyclic amines) is 2. The predicted octanol–water partition coefficient (Wildman–Crippen LogP) is 6.67. The molecule has 0 saturated carbocycles. The van der Waals surface area contributed by atoms with Gasteiger partial charge in [-0.25, -0.2) is 14.2 Å². The third-order valence-corrected chi connectivity index (χ3v) is 10.4. The SMILES string of the molecule is O=C(CCN1CCCC1)Nc1cccc(-n2cc(-c3ccc(NC(=O)Nc4ccc(-c5cn(-c6cccc(NC(=O)CCN7CCCC7)c6)nn5)cc4)cc3)nn2)c1. The second kappa shape index (κ2) is 18.0. The van der Waals surface area contributed by atoms with E-state index in [4.69, 9.17) is 0 Å². The van der Waals surface area contributed by atoms with Crippen LogP contribution in [-0.4, -0.2) is 96.9 Å². The Hall–Kier alpha value is -6.71. The molecule has 58 heavy (non-hydrogen) atoms. The molecule has 4 N–H and O–H groups in total. The van der Waals surface area contributed by atoms with E-state index in [1.807, 2.05) is 85.2 Å². The quantitative estimate of drug-likeness (QED) is 0.0944. The first-order valence-electron chi connectivity index (χ1n) is 19.8. The zero-order chi connectivity index (χ0) is 39.7. The van der Waals surface area contributed by atoms with Crippen molar-refractivity contribution in [1.29, 1.82) is 0 Å². The molecule has 0 atom stereocenters. The van der Waals surface area contributed by atoms with E-state index in [1.165, 1.54) is 25.7 Å². The summed E-state index contributed by atoms with van der Waals surface area (Å²) in [6.45, 7) is 5.83. The molecule has 296 valence electrons. The molecule has 2 saturated heterocycles. The molecule has 0 unspecified atom stereocenters. The summed E-state index contributed by atoms with van der Waals surface area (Å²) in [5.74, 6) is -0.0141. The number of carbonyl (C=O) groups is 3. The van der Waals surface area contributed by atoms with Gasteiger partial charge in [-0.1, -0.05) is 46.8 Å². The predicted molar refractivity (Wildman–Crippen MR) is 224 cm³/mol. The number of carbonyl (C=O) groups excluding carboxylic acids is 3. The van der Waals surface area contributed by atoms with Crippen molar-refractivity contribution in [3.05, 3.63) is 109 Å². The number of nitrogens with zero attached hydrogens (tertiary/aromatic N) is 8. The fourth-order valence-corrected chi connectivity index (χ4v) is 7.22. The van der Waals surface area contributed by atoms with E-state index in [0.717, 1.165) is 61.8 Å². The Morgan fingerprint density at radius 3 is 1.33 bits per heavy atom. The molecule has 4 aromatic carbocycles. The second-order valence-electron chi connectivity index (χ2n) is 14.6. The van der Waals surface area contributed by atoms with E-state index in [2.05, 4.69) is 51.7 Å². The smallest absolute Gasteiger partial charge is 0.323 e. The summed E-state index contributed by atoms with van der Waals surface area (Å²) in [7, 11) is 0. The summed E-state index contributed by atoms with van der Waals surface area (Å²) < 4.78 is 3.34. The molecule has 2 fully saturated rings. The van der Waals surface area contributed by atoms with Gasteiger partial charge in [-0.15, -0.1) is 10.2 Å². The van der Waals surface area contributed by atoms with E-state index in [0.29, 0.717) is 47.0 Å². The minimum atomic E-state index is -0.386. The Kier molecular flexibility index (Phi) is 11.9. The molecular formula is C43H46N12O3. The van der Waals surface area contributed by atoms with Crippen LogP contribution in [0.25, 0.3) is 33.9 Å². The number of urea groups is 1. The van der Waals surface area contributed by atoms with E-state index in [-0.39, 0.29) is 17.8 Å². The Morgan fingerprint density at radius 1 is 0.500 bits per heavy atom. The van der Waals surface area contributed by atoms with Gasteiger partial charge < -0.3 is 31.1 Å². The Morgan fingerprint density at radius 2 is 0.914 bits per heavy atom. The first kappa shape index (κ1) is 38.2. The maximum Gasteiger partial charge on any atom is 0.323 e. The lowest BCUT2D eigenvalue weighted by atomic mass is 10.1. The van der Waals surface area contributed by atoms with Crippen molar-refractivity contribution < 1.29 is 14.4 Å². The first-order chi connectivity index (χ1) is 28.4. The molecule has 0 radical (unpaired) electrons. The summed E-state index contributed by atoms with van der Waals surface area (Å²) >= 11 is 0. The molecule has 4 heterocycles. The largest absolute Gasteiger partial charge is 0.326 e. The third kappa shape index (κ3) is 9.99. The highest BCUT2D eigenvalue weighted by atomic mass is 16.2.